The minimum Gasteiger partial charge on any atom is -0.390 e. The summed E-state index contributed by atoms with van der Waals surface area (Å²) in [5.74, 6) is -0.216. The van der Waals surface area contributed by atoms with Crippen molar-refractivity contribution in [3.8, 4) is 0 Å². The number of likely N-dealkylation sites (tertiary alicyclic amines) is 1. The molecule has 2 rings (SSSR count). The van der Waals surface area contributed by atoms with Gasteiger partial charge in [-0.05, 0) is 32.3 Å². The zero-order valence-corrected chi connectivity index (χ0v) is 11.4. The Bertz CT molecular complexity index is 528. The van der Waals surface area contributed by atoms with Gasteiger partial charge in [-0.1, -0.05) is 6.07 Å². The van der Waals surface area contributed by atoms with E-state index in [1.54, 1.807) is 17.9 Å². The minimum absolute atomic E-state index is 0.0855. The SMILES string of the molecule is CC1(O)CCCN(C(=O)c2cccc([N+](=O)[O-])c2)CC1. The van der Waals surface area contributed by atoms with Crippen LogP contribution < -0.4 is 0 Å². The molecule has 0 aromatic heterocycles. The molecule has 0 bridgehead atoms. The Labute approximate surface area is 117 Å². The smallest absolute Gasteiger partial charge is 0.270 e. The summed E-state index contributed by atoms with van der Waals surface area (Å²) in [4.78, 5) is 24.2. The predicted octanol–water partition coefficient (Wildman–Crippen LogP) is 1.97. The Morgan fingerprint density at radius 2 is 2.15 bits per heavy atom. The first-order valence-electron chi connectivity index (χ1n) is 6.65. The van der Waals surface area contributed by atoms with Crippen molar-refractivity contribution < 1.29 is 14.8 Å². The number of hydrogen-bond acceptors (Lipinski definition) is 4. The summed E-state index contributed by atoms with van der Waals surface area (Å²) in [7, 11) is 0. The zero-order valence-electron chi connectivity index (χ0n) is 11.4. The van der Waals surface area contributed by atoms with Crippen molar-refractivity contribution in [1.29, 1.82) is 0 Å². The Morgan fingerprint density at radius 3 is 2.85 bits per heavy atom. The van der Waals surface area contributed by atoms with Gasteiger partial charge in [0.25, 0.3) is 11.6 Å². The van der Waals surface area contributed by atoms with Crippen LogP contribution in [0.15, 0.2) is 24.3 Å². The largest absolute Gasteiger partial charge is 0.390 e. The molecular formula is C14H18N2O4. The molecule has 1 N–H and O–H groups in total. The molecule has 6 nitrogen and oxygen atoms in total. The monoisotopic (exact) mass is 278 g/mol. The molecular weight excluding hydrogens is 260 g/mol. The number of rotatable bonds is 2. The summed E-state index contributed by atoms with van der Waals surface area (Å²) in [5.41, 5.74) is -0.504. The van der Waals surface area contributed by atoms with Gasteiger partial charge in [-0.3, -0.25) is 14.9 Å². The molecule has 1 amide bonds. The van der Waals surface area contributed by atoms with E-state index in [-0.39, 0.29) is 11.6 Å². The van der Waals surface area contributed by atoms with Crippen molar-refractivity contribution in [1.82, 2.24) is 4.90 Å². The Balaban J connectivity index is 2.15. The molecule has 0 spiro atoms. The van der Waals surface area contributed by atoms with Crippen LogP contribution in [0.3, 0.4) is 0 Å². The number of carbonyl (C=O) groups is 1. The van der Waals surface area contributed by atoms with Crippen LogP contribution in [0, 0.1) is 10.1 Å². The lowest BCUT2D eigenvalue weighted by molar-refractivity contribution is -0.384. The number of non-ortho nitro benzene ring substituents is 1. The van der Waals surface area contributed by atoms with E-state index in [0.29, 0.717) is 31.5 Å². The topological polar surface area (TPSA) is 83.7 Å². The van der Waals surface area contributed by atoms with Gasteiger partial charge < -0.3 is 10.0 Å². The van der Waals surface area contributed by atoms with Gasteiger partial charge in [0.1, 0.15) is 0 Å². The fourth-order valence-corrected chi connectivity index (χ4v) is 2.40. The maximum absolute atomic E-state index is 12.4. The van der Waals surface area contributed by atoms with Gasteiger partial charge >= 0.3 is 0 Å². The van der Waals surface area contributed by atoms with E-state index < -0.39 is 10.5 Å². The van der Waals surface area contributed by atoms with Gasteiger partial charge in [-0.25, -0.2) is 0 Å². The molecule has 1 unspecified atom stereocenters. The van der Waals surface area contributed by atoms with Gasteiger partial charge in [0.2, 0.25) is 0 Å². The number of nitro benzene ring substituents is 1. The first kappa shape index (κ1) is 14.5. The lowest BCUT2D eigenvalue weighted by Gasteiger charge is -2.22. The van der Waals surface area contributed by atoms with E-state index in [1.807, 2.05) is 0 Å². The molecule has 1 aromatic rings. The molecule has 1 aliphatic heterocycles. The molecule has 0 aliphatic carbocycles. The standard InChI is InChI=1S/C14H18N2O4/c1-14(18)6-3-8-15(9-7-14)13(17)11-4-2-5-12(10-11)16(19)20/h2,4-5,10,18H,3,6-9H2,1H3. The van der Waals surface area contributed by atoms with Crippen LogP contribution in [0.5, 0.6) is 0 Å². The fraction of sp³-hybridized carbons (Fsp3) is 0.500. The van der Waals surface area contributed by atoms with Crippen molar-refractivity contribution in [2.24, 2.45) is 0 Å². The molecule has 1 atom stereocenters. The maximum atomic E-state index is 12.4. The molecule has 1 aliphatic rings. The van der Waals surface area contributed by atoms with Crippen LogP contribution in [0.2, 0.25) is 0 Å². The summed E-state index contributed by atoms with van der Waals surface area (Å²) >= 11 is 0. The molecule has 1 aromatic carbocycles. The highest BCUT2D eigenvalue weighted by Crippen LogP contribution is 2.23. The molecule has 20 heavy (non-hydrogen) atoms. The predicted molar refractivity (Wildman–Crippen MR) is 73.5 cm³/mol. The van der Waals surface area contributed by atoms with E-state index in [9.17, 15) is 20.0 Å². The number of nitrogens with zero attached hydrogens (tertiary/aromatic N) is 2. The number of aliphatic hydroxyl groups is 1. The molecule has 0 radical (unpaired) electrons. The van der Waals surface area contributed by atoms with E-state index in [0.717, 1.165) is 6.42 Å². The molecule has 0 saturated carbocycles. The highest BCUT2D eigenvalue weighted by Gasteiger charge is 2.27. The van der Waals surface area contributed by atoms with E-state index in [1.165, 1.54) is 18.2 Å². The number of nitro groups is 1. The lowest BCUT2D eigenvalue weighted by Crippen LogP contribution is -2.33. The second-order valence-corrected chi connectivity index (χ2v) is 5.45. The summed E-state index contributed by atoms with van der Waals surface area (Å²) in [6.07, 6.45) is 1.91. The van der Waals surface area contributed by atoms with Gasteiger partial charge in [0.15, 0.2) is 0 Å². The average Bonchev–Trinajstić information content (AvgIpc) is 2.59. The summed E-state index contributed by atoms with van der Waals surface area (Å²) in [6, 6.07) is 5.76. The third kappa shape index (κ3) is 3.33. The number of carbonyl (C=O) groups excluding carboxylic acids is 1. The fourth-order valence-electron chi connectivity index (χ4n) is 2.40. The van der Waals surface area contributed by atoms with Gasteiger partial charge in [0, 0.05) is 30.8 Å². The van der Waals surface area contributed by atoms with Gasteiger partial charge in [-0.15, -0.1) is 0 Å². The van der Waals surface area contributed by atoms with Crippen LogP contribution in [0.25, 0.3) is 0 Å². The van der Waals surface area contributed by atoms with Crippen molar-refractivity contribution in [2.75, 3.05) is 13.1 Å². The Morgan fingerprint density at radius 1 is 1.40 bits per heavy atom. The molecule has 1 saturated heterocycles. The normalized spacial score (nSPS) is 23.2. The summed E-state index contributed by atoms with van der Waals surface area (Å²) in [6.45, 7) is 2.81. The maximum Gasteiger partial charge on any atom is 0.270 e. The highest BCUT2D eigenvalue weighted by molar-refractivity contribution is 5.94. The van der Waals surface area contributed by atoms with Crippen molar-refractivity contribution in [3.05, 3.63) is 39.9 Å². The quantitative estimate of drug-likeness (QED) is 0.662. The van der Waals surface area contributed by atoms with Crippen LogP contribution in [-0.2, 0) is 0 Å². The van der Waals surface area contributed by atoms with Crippen LogP contribution in [0.4, 0.5) is 5.69 Å². The molecule has 1 fully saturated rings. The van der Waals surface area contributed by atoms with Crippen LogP contribution in [-0.4, -0.2) is 39.5 Å². The van der Waals surface area contributed by atoms with Gasteiger partial charge in [0.05, 0.1) is 10.5 Å². The minimum atomic E-state index is -0.738. The Kier molecular flexibility index (Phi) is 4.04. The molecule has 108 valence electrons. The van der Waals surface area contributed by atoms with Crippen molar-refractivity contribution in [2.45, 2.75) is 31.8 Å². The van der Waals surface area contributed by atoms with Gasteiger partial charge in [-0.2, -0.15) is 0 Å². The summed E-state index contributed by atoms with van der Waals surface area (Å²) in [5, 5.41) is 20.8. The molecule has 1 heterocycles. The van der Waals surface area contributed by atoms with E-state index in [4.69, 9.17) is 0 Å². The average molecular weight is 278 g/mol. The van der Waals surface area contributed by atoms with E-state index in [2.05, 4.69) is 0 Å². The number of benzene rings is 1. The van der Waals surface area contributed by atoms with Crippen LogP contribution >= 0.6 is 0 Å². The second kappa shape index (κ2) is 5.58. The zero-order chi connectivity index (χ0) is 14.8. The first-order valence-corrected chi connectivity index (χ1v) is 6.65. The second-order valence-electron chi connectivity index (χ2n) is 5.45. The van der Waals surface area contributed by atoms with Crippen LogP contribution in [0.1, 0.15) is 36.5 Å². The Hall–Kier alpha value is -1.95. The number of amides is 1. The lowest BCUT2D eigenvalue weighted by atomic mass is 9.98. The van der Waals surface area contributed by atoms with Crippen molar-refractivity contribution >= 4 is 11.6 Å². The molecule has 6 heteroatoms. The van der Waals surface area contributed by atoms with E-state index >= 15 is 0 Å². The third-order valence-corrected chi connectivity index (χ3v) is 3.65. The number of hydrogen-bond donors (Lipinski definition) is 1. The highest BCUT2D eigenvalue weighted by atomic mass is 16.6. The third-order valence-electron chi connectivity index (χ3n) is 3.65. The van der Waals surface area contributed by atoms with Crippen molar-refractivity contribution in [3.63, 3.8) is 0 Å². The summed E-state index contributed by atoms with van der Waals surface area (Å²) < 4.78 is 0. The first-order chi connectivity index (χ1) is 9.39.